The third-order valence-electron chi connectivity index (χ3n) is 2.32. The van der Waals surface area contributed by atoms with Crippen LogP contribution in [0.3, 0.4) is 0 Å². The van der Waals surface area contributed by atoms with Gasteiger partial charge in [0.05, 0.1) is 18.4 Å². The molecule has 18 heavy (non-hydrogen) atoms. The van der Waals surface area contributed by atoms with Crippen LogP contribution in [0.4, 0.5) is 0 Å². The first-order chi connectivity index (χ1) is 8.61. The van der Waals surface area contributed by atoms with Crippen LogP contribution < -0.4 is 0 Å². The Balaban J connectivity index is 2.61. The lowest BCUT2D eigenvalue weighted by Gasteiger charge is -2.07. The van der Waals surface area contributed by atoms with Crippen molar-refractivity contribution < 1.29 is 14.6 Å². The van der Waals surface area contributed by atoms with Gasteiger partial charge in [-0.1, -0.05) is 11.6 Å². The highest BCUT2D eigenvalue weighted by molar-refractivity contribution is 6.31. The van der Waals surface area contributed by atoms with Gasteiger partial charge in [-0.15, -0.1) is 0 Å². The van der Waals surface area contributed by atoms with Crippen LogP contribution in [0.5, 0.6) is 5.88 Å². The Morgan fingerprint density at radius 1 is 1.33 bits per heavy atom. The van der Waals surface area contributed by atoms with E-state index in [0.29, 0.717) is 21.8 Å². The summed E-state index contributed by atoms with van der Waals surface area (Å²) in [5.41, 5.74) is 1.19. The lowest BCUT2D eigenvalue weighted by molar-refractivity contribution is 0.0601. The second-order valence-electron chi connectivity index (χ2n) is 3.44. The van der Waals surface area contributed by atoms with Crippen molar-refractivity contribution in [3.8, 4) is 17.1 Å². The van der Waals surface area contributed by atoms with Gasteiger partial charge >= 0.3 is 5.97 Å². The second kappa shape index (κ2) is 5.01. The molecule has 2 rings (SSSR count). The number of methoxy groups -OCH3 is 1. The van der Waals surface area contributed by atoms with Crippen LogP contribution in [-0.2, 0) is 4.74 Å². The predicted octanol–water partition coefficient (Wildman–Crippen LogP) is 2.29. The molecule has 0 saturated heterocycles. The number of ether oxygens (including phenoxy) is 1. The fourth-order valence-corrected chi connectivity index (χ4v) is 1.68. The van der Waals surface area contributed by atoms with Crippen molar-refractivity contribution in [2.45, 2.75) is 0 Å². The lowest BCUT2D eigenvalue weighted by Crippen LogP contribution is -2.04. The van der Waals surface area contributed by atoms with Gasteiger partial charge in [0.25, 0.3) is 0 Å². The Morgan fingerprint density at radius 3 is 2.78 bits per heavy atom. The van der Waals surface area contributed by atoms with Crippen molar-refractivity contribution >= 4 is 17.6 Å². The molecule has 0 aliphatic rings. The molecule has 0 aliphatic carbocycles. The molecular weight excluding hydrogens is 256 g/mol. The molecule has 0 atom stereocenters. The summed E-state index contributed by atoms with van der Waals surface area (Å²) in [6.45, 7) is 0. The Bertz CT molecular complexity index is 602. The number of hydrogen-bond acceptors (Lipinski definition) is 5. The summed E-state index contributed by atoms with van der Waals surface area (Å²) in [4.78, 5) is 19.2. The quantitative estimate of drug-likeness (QED) is 0.843. The summed E-state index contributed by atoms with van der Waals surface area (Å²) in [5, 5.41) is 9.78. The molecule has 0 saturated carbocycles. The second-order valence-corrected chi connectivity index (χ2v) is 3.88. The minimum absolute atomic E-state index is 0.184. The smallest absolute Gasteiger partial charge is 0.338 e. The molecule has 2 aromatic rings. The van der Waals surface area contributed by atoms with E-state index in [0.717, 1.165) is 0 Å². The van der Waals surface area contributed by atoms with Crippen molar-refractivity contribution in [2.24, 2.45) is 0 Å². The zero-order valence-corrected chi connectivity index (χ0v) is 10.2. The molecule has 0 radical (unpaired) electrons. The summed E-state index contributed by atoms with van der Waals surface area (Å²) in [6, 6.07) is 6.05. The number of aromatic nitrogens is 2. The zero-order valence-electron chi connectivity index (χ0n) is 9.42. The van der Waals surface area contributed by atoms with Gasteiger partial charge in [-0.25, -0.2) is 14.8 Å². The molecule has 0 amide bonds. The van der Waals surface area contributed by atoms with Gasteiger partial charge in [0.1, 0.15) is 6.33 Å². The minimum Gasteiger partial charge on any atom is -0.493 e. The molecule has 0 bridgehead atoms. The largest absolute Gasteiger partial charge is 0.493 e. The first-order valence-electron chi connectivity index (χ1n) is 5.01. The molecule has 0 unspecified atom stereocenters. The van der Waals surface area contributed by atoms with Crippen LogP contribution >= 0.6 is 11.6 Å². The number of carbonyl (C=O) groups excluding carboxylic acids is 1. The molecule has 1 aromatic heterocycles. The van der Waals surface area contributed by atoms with Crippen LogP contribution in [0.2, 0.25) is 5.02 Å². The number of carbonyl (C=O) groups is 1. The first kappa shape index (κ1) is 12.3. The topological polar surface area (TPSA) is 72.3 Å². The predicted molar refractivity (Wildman–Crippen MR) is 65.5 cm³/mol. The average Bonchev–Trinajstić information content (AvgIpc) is 2.38. The molecule has 6 heteroatoms. The molecule has 1 aromatic carbocycles. The number of nitrogens with zero attached hydrogens (tertiary/aromatic N) is 2. The van der Waals surface area contributed by atoms with Crippen molar-refractivity contribution in [1.29, 1.82) is 0 Å². The van der Waals surface area contributed by atoms with Crippen molar-refractivity contribution in [3.05, 3.63) is 41.2 Å². The van der Waals surface area contributed by atoms with E-state index < -0.39 is 5.97 Å². The minimum atomic E-state index is -0.500. The monoisotopic (exact) mass is 264 g/mol. The lowest BCUT2D eigenvalue weighted by atomic mass is 10.0. The highest BCUT2D eigenvalue weighted by atomic mass is 35.5. The van der Waals surface area contributed by atoms with E-state index in [4.69, 9.17) is 11.6 Å². The SMILES string of the molecule is COC(=O)c1ccc(Cl)cc1-c1cc(O)ncn1. The fourth-order valence-electron chi connectivity index (χ4n) is 1.51. The number of esters is 1. The van der Waals surface area contributed by atoms with Crippen LogP contribution in [0.15, 0.2) is 30.6 Å². The van der Waals surface area contributed by atoms with Gasteiger partial charge in [-0.3, -0.25) is 0 Å². The molecule has 5 nitrogen and oxygen atoms in total. The maximum atomic E-state index is 11.6. The van der Waals surface area contributed by atoms with E-state index in [-0.39, 0.29) is 5.88 Å². The Morgan fingerprint density at radius 2 is 2.11 bits per heavy atom. The van der Waals surface area contributed by atoms with Crippen molar-refractivity contribution in [3.63, 3.8) is 0 Å². The highest BCUT2D eigenvalue weighted by Crippen LogP contribution is 2.27. The van der Waals surface area contributed by atoms with Crippen LogP contribution in [-0.4, -0.2) is 28.2 Å². The number of hydrogen-bond donors (Lipinski definition) is 1. The normalized spacial score (nSPS) is 10.1. The van der Waals surface area contributed by atoms with E-state index in [1.54, 1.807) is 18.2 Å². The fraction of sp³-hybridized carbons (Fsp3) is 0.0833. The molecular formula is C12H9ClN2O3. The Hall–Kier alpha value is -2.14. The van der Waals surface area contributed by atoms with E-state index >= 15 is 0 Å². The van der Waals surface area contributed by atoms with E-state index in [1.165, 1.54) is 19.5 Å². The van der Waals surface area contributed by atoms with Crippen LogP contribution in [0.1, 0.15) is 10.4 Å². The van der Waals surface area contributed by atoms with Gasteiger partial charge in [-0.05, 0) is 18.2 Å². The molecule has 0 spiro atoms. The summed E-state index contributed by atoms with van der Waals surface area (Å²) >= 11 is 5.90. The zero-order chi connectivity index (χ0) is 13.1. The van der Waals surface area contributed by atoms with Gasteiger partial charge in [0, 0.05) is 16.7 Å². The van der Waals surface area contributed by atoms with Gasteiger partial charge < -0.3 is 9.84 Å². The van der Waals surface area contributed by atoms with Gasteiger partial charge in [0.2, 0.25) is 5.88 Å². The number of benzene rings is 1. The van der Waals surface area contributed by atoms with E-state index in [2.05, 4.69) is 14.7 Å². The Labute approximate surface area is 108 Å². The van der Waals surface area contributed by atoms with E-state index in [1.807, 2.05) is 0 Å². The van der Waals surface area contributed by atoms with Gasteiger partial charge in [-0.2, -0.15) is 0 Å². The van der Waals surface area contributed by atoms with Gasteiger partial charge in [0.15, 0.2) is 0 Å². The third kappa shape index (κ3) is 2.41. The Kier molecular flexibility index (Phi) is 3.43. The summed E-state index contributed by atoms with van der Waals surface area (Å²) in [7, 11) is 1.29. The average molecular weight is 265 g/mol. The van der Waals surface area contributed by atoms with Crippen molar-refractivity contribution in [1.82, 2.24) is 9.97 Å². The van der Waals surface area contributed by atoms with Crippen LogP contribution in [0.25, 0.3) is 11.3 Å². The molecule has 1 heterocycles. The van der Waals surface area contributed by atoms with Crippen LogP contribution in [0, 0.1) is 0 Å². The number of rotatable bonds is 2. The molecule has 0 fully saturated rings. The highest BCUT2D eigenvalue weighted by Gasteiger charge is 2.15. The summed E-state index contributed by atoms with van der Waals surface area (Å²) in [5.74, 6) is -0.685. The third-order valence-corrected chi connectivity index (χ3v) is 2.55. The summed E-state index contributed by atoms with van der Waals surface area (Å²) < 4.78 is 4.68. The summed E-state index contributed by atoms with van der Waals surface area (Å²) in [6.07, 6.45) is 1.20. The van der Waals surface area contributed by atoms with Crippen molar-refractivity contribution in [2.75, 3.05) is 7.11 Å². The number of aromatic hydroxyl groups is 1. The standard InChI is InChI=1S/C12H9ClN2O3/c1-18-12(17)8-3-2-7(13)4-9(8)10-5-11(16)15-6-14-10/h2-6H,1H3,(H,14,15,16). The van der Waals surface area contributed by atoms with E-state index in [9.17, 15) is 9.90 Å². The first-order valence-corrected chi connectivity index (χ1v) is 5.39. The molecule has 92 valence electrons. The maximum absolute atomic E-state index is 11.6. The molecule has 0 aliphatic heterocycles. The molecule has 1 N–H and O–H groups in total. The number of halogens is 1. The maximum Gasteiger partial charge on any atom is 0.338 e.